The van der Waals surface area contributed by atoms with Gasteiger partial charge in [-0.05, 0) is 24.1 Å². The molecule has 0 saturated heterocycles. The van der Waals surface area contributed by atoms with Crippen LogP contribution in [0.1, 0.15) is 18.9 Å². The first-order chi connectivity index (χ1) is 10.4. The van der Waals surface area contributed by atoms with Crippen LogP contribution in [0.15, 0.2) is 36.0 Å². The number of rotatable bonds is 6. The van der Waals surface area contributed by atoms with Crippen LogP contribution < -0.4 is 5.32 Å². The largest absolute Gasteiger partial charge is 0.370 e. The van der Waals surface area contributed by atoms with Gasteiger partial charge in [0.1, 0.15) is 22.7 Å². The van der Waals surface area contributed by atoms with Gasteiger partial charge in [-0.25, -0.2) is 19.9 Å². The summed E-state index contributed by atoms with van der Waals surface area (Å²) in [5, 5.41) is 4.21. The van der Waals surface area contributed by atoms with E-state index in [9.17, 15) is 0 Å². The van der Waals surface area contributed by atoms with Crippen molar-refractivity contribution in [1.82, 2.24) is 24.9 Å². The molecular weight excluding hydrogens is 284 g/mol. The molecule has 0 atom stereocenters. The maximum absolute atomic E-state index is 4.32. The molecule has 0 unspecified atom stereocenters. The normalized spacial score (nSPS) is 10.9. The molecule has 2 N–H and O–H groups in total. The molecule has 0 bridgehead atoms. The van der Waals surface area contributed by atoms with Gasteiger partial charge in [0.25, 0.3) is 0 Å². The van der Waals surface area contributed by atoms with Gasteiger partial charge in [0.05, 0.1) is 6.33 Å². The third-order valence-electron chi connectivity index (χ3n) is 2.94. The SMILES string of the molecule is CCCNc1cc(CSc2ncnc3nc[nH]c23)ccn1. The molecule has 6 nitrogen and oxygen atoms in total. The van der Waals surface area contributed by atoms with Crippen molar-refractivity contribution in [1.29, 1.82) is 0 Å². The highest BCUT2D eigenvalue weighted by molar-refractivity contribution is 7.98. The Morgan fingerprint density at radius 3 is 3.10 bits per heavy atom. The lowest BCUT2D eigenvalue weighted by atomic mass is 10.3. The van der Waals surface area contributed by atoms with Gasteiger partial charge < -0.3 is 10.3 Å². The standard InChI is InChI=1S/C14H16N6S/c1-2-4-15-11-6-10(3-5-16-11)7-21-14-12-13(18-8-17-12)19-9-20-14/h3,5-6,8-9H,2,4,7H2,1H3,(H,15,16)(H,17,18,19,20). The van der Waals surface area contributed by atoms with E-state index in [-0.39, 0.29) is 0 Å². The number of imidazole rings is 1. The van der Waals surface area contributed by atoms with Crippen molar-refractivity contribution >= 4 is 28.7 Å². The van der Waals surface area contributed by atoms with E-state index >= 15 is 0 Å². The highest BCUT2D eigenvalue weighted by Gasteiger charge is 2.07. The molecule has 21 heavy (non-hydrogen) atoms. The monoisotopic (exact) mass is 300 g/mol. The number of pyridine rings is 1. The first-order valence-corrected chi connectivity index (χ1v) is 7.81. The molecule has 0 fully saturated rings. The topological polar surface area (TPSA) is 79.4 Å². The molecule has 0 aliphatic heterocycles. The summed E-state index contributed by atoms with van der Waals surface area (Å²) in [5.41, 5.74) is 2.80. The molecule has 0 radical (unpaired) electrons. The zero-order valence-electron chi connectivity index (χ0n) is 11.7. The van der Waals surface area contributed by atoms with Crippen LogP contribution >= 0.6 is 11.8 Å². The second kappa shape index (κ2) is 6.53. The van der Waals surface area contributed by atoms with Crippen LogP contribution in [-0.2, 0) is 5.75 Å². The average molecular weight is 300 g/mol. The summed E-state index contributed by atoms with van der Waals surface area (Å²) in [6.45, 7) is 3.07. The van der Waals surface area contributed by atoms with Crippen LogP contribution in [0.5, 0.6) is 0 Å². The minimum absolute atomic E-state index is 0.701. The minimum atomic E-state index is 0.701. The van der Waals surface area contributed by atoms with Crippen molar-refractivity contribution < 1.29 is 0 Å². The fourth-order valence-electron chi connectivity index (χ4n) is 1.92. The summed E-state index contributed by atoms with van der Waals surface area (Å²) in [6, 6.07) is 4.10. The van der Waals surface area contributed by atoms with Gasteiger partial charge in [-0.15, -0.1) is 0 Å². The molecule has 0 saturated carbocycles. The fourth-order valence-corrected chi connectivity index (χ4v) is 2.82. The number of nitrogens with zero attached hydrogens (tertiary/aromatic N) is 4. The molecule has 0 amide bonds. The lowest BCUT2D eigenvalue weighted by molar-refractivity contribution is 0.968. The van der Waals surface area contributed by atoms with Crippen molar-refractivity contribution in [3.05, 3.63) is 36.5 Å². The Hall–Kier alpha value is -2.15. The Labute approximate surface area is 126 Å². The Morgan fingerprint density at radius 2 is 2.19 bits per heavy atom. The molecule has 7 heteroatoms. The van der Waals surface area contributed by atoms with E-state index in [1.807, 2.05) is 12.3 Å². The molecule has 108 valence electrons. The fraction of sp³-hybridized carbons (Fsp3) is 0.286. The number of anilines is 1. The molecular formula is C14H16N6S. The third-order valence-corrected chi connectivity index (χ3v) is 4.00. The van der Waals surface area contributed by atoms with Gasteiger partial charge in [0, 0.05) is 18.5 Å². The molecule has 0 spiro atoms. The van der Waals surface area contributed by atoms with Gasteiger partial charge in [-0.2, -0.15) is 0 Å². The van der Waals surface area contributed by atoms with Crippen LogP contribution in [0.2, 0.25) is 0 Å². The van der Waals surface area contributed by atoms with Crippen LogP contribution in [0, 0.1) is 0 Å². The Bertz CT molecular complexity index is 726. The van der Waals surface area contributed by atoms with Gasteiger partial charge in [0.2, 0.25) is 0 Å². The molecule has 3 aromatic rings. The van der Waals surface area contributed by atoms with Crippen molar-refractivity contribution in [3.8, 4) is 0 Å². The quantitative estimate of drug-likeness (QED) is 0.538. The van der Waals surface area contributed by atoms with Crippen molar-refractivity contribution in [3.63, 3.8) is 0 Å². The van der Waals surface area contributed by atoms with E-state index in [0.717, 1.165) is 35.1 Å². The third kappa shape index (κ3) is 3.30. The summed E-state index contributed by atoms with van der Waals surface area (Å²) in [4.78, 5) is 20.0. The van der Waals surface area contributed by atoms with E-state index in [0.29, 0.717) is 5.65 Å². The van der Waals surface area contributed by atoms with Gasteiger partial charge in [-0.3, -0.25) is 0 Å². The van der Waals surface area contributed by atoms with Crippen LogP contribution in [-0.4, -0.2) is 31.5 Å². The van der Waals surface area contributed by atoms with Gasteiger partial charge in [0.15, 0.2) is 5.65 Å². The number of hydrogen-bond donors (Lipinski definition) is 2. The highest BCUT2D eigenvalue weighted by atomic mass is 32.2. The van der Waals surface area contributed by atoms with E-state index in [1.165, 1.54) is 5.56 Å². The molecule has 0 aromatic carbocycles. The first-order valence-electron chi connectivity index (χ1n) is 6.82. The summed E-state index contributed by atoms with van der Waals surface area (Å²) in [5.74, 6) is 1.75. The molecule has 3 heterocycles. The maximum atomic E-state index is 4.32. The molecule has 0 aliphatic rings. The van der Waals surface area contributed by atoms with Gasteiger partial charge in [-0.1, -0.05) is 18.7 Å². The molecule has 3 aromatic heterocycles. The average Bonchev–Trinajstić information content (AvgIpc) is 3.00. The number of nitrogens with one attached hydrogen (secondary N) is 2. The van der Waals surface area contributed by atoms with Crippen molar-refractivity contribution in [2.45, 2.75) is 24.1 Å². The van der Waals surface area contributed by atoms with E-state index < -0.39 is 0 Å². The lowest BCUT2D eigenvalue weighted by Gasteiger charge is -2.06. The second-order valence-electron chi connectivity index (χ2n) is 4.54. The Morgan fingerprint density at radius 1 is 1.24 bits per heavy atom. The van der Waals surface area contributed by atoms with Crippen LogP contribution in [0.4, 0.5) is 5.82 Å². The van der Waals surface area contributed by atoms with Crippen molar-refractivity contribution in [2.24, 2.45) is 0 Å². The van der Waals surface area contributed by atoms with E-state index in [4.69, 9.17) is 0 Å². The first kappa shape index (κ1) is 13.8. The Balaban J connectivity index is 1.71. The van der Waals surface area contributed by atoms with Crippen LogP contribution in [0.3, 0.4) is 0 Å². The van der Waals surface area contributed by atoms with Crippen LogP contribution in [0.25, 0.3) is 11.2 Å². The summed E-state index contributed by atoms with van der Waals surface area (Å²) in [7, 11) is 0. The summed E-state index contributed by atoms with van der Waals surface area (Å²) < 4.78 is 0. The number of H-pyrrole nitrogens is 1. The zero-order chi connectivity index (χ0) is 14.5. The van der Waals surface area contributed by atoms with E-state index in [1.54, 1.807) is 24.4 Å². The summed E-state index contributed by atoms with van der Waals surface area (Å²) in [6.07, 6.45) is 6.11. The number of fused-ring (bicyclic) bond motifs is 1. The van der Waals surface area contributed by atoms with Gasteiger partial charge >= 0.3 is 0 Å². The smallest absolute Gasteiger partial charge is 0.181 e. The van der Waals surface area contributed by atoms with E-state index in [2.05, 4.69) is 43.2 Å². The predicted molar refractivity (Wildman–Crippen MR) is 84.3 cm³/mol. The Kier molecular flexibility index (Phi) is 4.30. The minimum Gasteiger partial charge on any atom is -0.370 e. The second-order valence-corrected chi connectivity index (χ2v) is 5.51. The number of thioether (sulfide) groups is 1. The number of hydrogen-bond acceptors (Lipinski definition) is 6. The number of aromatic nitrogens is 5. The predicted octanol–water partition coefficient (Wildman–Crippen LogP) is 2.86. The molecule has 3 rings (SSSR count). The maximum Gasteiger partial charge on any atom is 0.181 e. The van der Waals surface area contributed by atoms with Crippen molar-refractivity contribution in [2.75, 3.05) is 11.9 Å². The lowest BCUT2D eigenvalue weighted by Crippen LogP contribution is -2.01. The highest BCUT2D eigenvalue weighted by Crippen LogP contribution is 2.25. The summed E-state index contributed by atoms with van der Waals surface area (Å²) >= 11 is 1.66. The number of aromatic amines is 1. The molecule has 0 aliphatic carbocycles. The zero-order valence-corrected chi connectivity index (χ0v) is 12.5.